The Balaban J connectivity index is 1.31. The first-order valence-corrected chi connectivity index (χ1v) is 11.6. The van der Waals surface area contributed by atoms with Crippen LogP contribution in [0.25, 0.3) is 0 Å². The maximum Gasteiger partial charge on any atom is 0.260 e. The fourth-order valence-corrected chi connectivity index (χ4v) is 5.55. The zero-order valence-electron chi connectivity index (χ0n) is 17.0. The van der Waals surface area contributed by atoms with Crippen molar-refractivity contribution in [1.29, 1.82) is 0 Å². The third-order valence-corrected chi connectivity index (χ3v) is 7.74. The van der Waals surface area contributed by atoms with Gasteiger partial charge in [0, 0.05) is 45.2 Å². The second-order valence-corrected chi connectivity index (χ2v) is 9.48. The van der Waals surface area contributed by atoms with Crippen LogP contribution in [0.2, 0.25) is 0 Å². The Bertz CT molecular complexity index is 963. The van der Waals surface area contributed by atoms with Crippen LogP contribution in [0.3, 0.4) is 0 Å². The number of nitrogens with zero attached hydrogens (tertiary/aromatic N) is 4. The number of nitrogens with one attached hydrogen (secondary N) is 1. The molecule has 1 N–H and O–H groups in total. The van der Waals surface area contributed by atoms with Crippen LogP contribution in [-0.4, -0.2) is 79.9 Å². The maximum atomic E-state index is 13.0. The second-order valence-electron chi connectivity index (χ2n) is 7.58. The first kappa shape index (κ1) is 20.7. The van der Waals surface area contributed by atoms with E-state index in [1.807, 2.05) is 29.2 Å². The van der Waals surface area contributed by atoms with Gasteiger partial charge in [0.25, 0.3) is 10.0 Å². The van der Waals surface area contributed by atoms with E-state index in [1.54, 1.807) is 7.11 Å². The number of sulfonamides is 1. The summed E-state index contributed by atoms with van der Waals surface area (Å²) in [5, 5.41) is 0.0970. The van der Waals surface area contributed by atoms with Gasteiger partial charge in [-0.25, -0.2) is 13.4 Å². The molecule has 0 aliphatic carbocycles. The first-order chi connectivity index (χ1) is 14.5. The van der Waals surface area contributed by atoms with Gasteiger partial charge in [-0.1, -0.05) is 12.1 Å². The smallest absolute Gasteiger partial charge is 0.260 e. The summed E-state index contributed by atoms with van der Waals surface area (Å²) in [7, 11) is -1.90. The molecule has 1 amide bonds. The third kappa shape index (κ3) is 4.01. The van der Waals surface area contributed by atoms with E-state index >= 15 is 0 Å². The van der Waals surface area contributed by atoms with Gasteiger partial charge < -0.3 is 19.5 Å². The quantitative estimate of drug-likeness (QED) is 0.760. The van der Waals surface area contributed by atoms with Gasteiger partial charge in [0.15, 0.2) is 5.03 Å². The molecular formula is C20H27N5O4S. The minimum atomic E-state index is -3.57. The van der Waals surface area contributed by atoms with Crippen molar-refractivity contribution in [2.24, 2.45) is 5.92 Å². The number of amides is 1. The number of carbonyl (C=O) groups excluding carboxylic acids is 1. The molecule has 4 rings (SSSR count). The Morgan fingerprint density at radius 1 is 1.10 bits per heavy atom. The monoisotopic (exact) mass is 433 g/mol. The van der Waals surface area contributed by atoms with Crippen LogP contribution in [0.5, 0.6) is 5.75 Å². The normalized spacial score (nSPS) is 19.1. The van der Waals surface area contributed by atoms with Crippen LogP contribution >= 0.6 is 0 Å². The van der Waals surface area contributed by atoms with E-state index in [0.29, 0.717) is 39.0 Å². The number of H-pyrrole nitrogens is 1. The molecule has 0 atom stereocenters. The SMILES string of the molecule is COc1ccccc1N1CCN(C(=O)C2CCN(S(=O)(=O)c3cnc[nH]3)CC2)CC1. The van der Waals surface area contributed by atoms with Gasteiger partial charge in [-0.2, -0.15) is 4.31 Å². The number of para-hydroxylation sites is 2. The predicted octanol–water partition coefficient (Wildman–Crippen LogP) is 1.17. The van der Waals surface area contributed by atoms with Crippen LogP contribution in [0.1, 0.15) is 12.8 Å². The lowest BCUT2D eigenvalue weighted by atomic mass is 9.96. The molecule has 9 nitrogen and oxygen atoms in total. The maximum absolute atomic E-state index is 13.0. The number of methoxy groups -OCH3 is 1. The molecule has 2 aliphatic rings. The van der Waals surface area contributed by atoms with E-state index in [1.165, 1.54) is 16.8 Å². The number of imidazole rings is 1. The summed E-state index contributed by atoms with van der Waals surface area (Å²) in [5.41, 5.74) is 1.05. The summed E-state index contributed by atoms with van der Waals surface area (Å²) in [4.78, 5) is 23.6. The van der Waals surface area contributed by atoms with Crippen molar-refractivity contribution < 1.29 is 17.9 Å². The second kappa shape index (κ2) is 8.65. The van der Waals surface area contributed by atoms with Crippen molar-refractivity contribution >= 4 is 21.6 Å². The van der Waals surface area contributed by atoms with Crippen LogP contribution in [0.15, 0.2) is 41.8 Å². The minimum absolute atomic E-state index is 0.0970. The summed E-state index contributed by atoms with van der Waals surface area (Å²) < 4.78 is 32.1. The summed E-state index contributed by atoms with van der Waals surface area (Å²) >= 11 is 0. The average Bonchev–Trinajstić information content (AvgIpc) is 3.35. The zero-order valence-corrected chi connectivity index (χ0v) is 17.8. The molecule has 10 heteroatoms. The van der Waals surface area contributed by atoms with E-state index in [0.717, 1.165) is 24.5 Å². The Morgan fingerprint density at radius 2 is 1.80 bits per heavy atom. The van der Waals surface area contributed by atoms with E-state index in [4.69, 9.17) is 4.74 Å². The van der Waals surface area contributed by atoms with Gasteiger partial charge in [-0.05, 0) is 25.0 Å². The number of piperazine rings is 1. The molecule has 0 bridgehead atoms. The summed E-state index contributed by atoms with van der Waals surface area (Å²) in [6.45, 7) is 3.50. The number of piperidine rings is 1. The molecule has 2 saturated heterocycles. The molecule has 1 aromatic carbocycles. The fourth-order valence-electron chi connectivity index (χ4n) is 4.18. The number of ether oxygens (including phenoxy) is 1. The highest BCUT2D eigenvalue weighted by molar-refractivity contribution is 7.89. The van der Waals surface area contributed by atoms with Gasteiger partial charge in [-0.15, -0.1) is 0 Å². The zero-order chi connectivity index (χ0) is 21.1. The number of anilines is 1. The van der Waals surface area contributed by atoms with Crippen molar-refractivity contribution in [1.82, 2.24) is 19.2 Å². The summed E-state index contributed by atoms with van der Waals surface area (Å²) in [5.74, 6) is 0.840. The highest BCUT2D eigenvalue weighted by atomic mass is 32.2. The molecule has 3 heterocycles. The number of rotatable bonds is 5. The Hall–Kier alpha value is -2.59. The molecular weight excluding hydrogens is 406 g/mol. The number of carbonyl (C=O) groups is 1. The van der Waals surface area contributed by atoms with Crippen LogP contribution < -0.4 is 9.64 Å². The van der Waals surface area contributed by atoms with Crippen LogP contribution in [-0.2, 0) is 14.8 Å². The number of hydrogen-bond donors (Lipinski definition) is 1. The van der Waals surface area contributed by atoms with Crippen LogP contribution in [0.4, 0.5) is 5.69 Å². The van der Waals surface area contributed by atoms with Crippen molar-refractivity contribution in [3.63, 3.8) is 0 Å². The predicted molar refractivity (Wildman–Crippen MR) is 112 cm³/mol. The van der Waals surface area contributed by atoms with Gasteiger partial charge in [0.1, 0.15) is 5.75 Å². The summed E-state index contributed by atoms with van der Waals surface area (Å²) in [6.07, 6.45) is 3.75. The molecule has 2 aromatic rings. The first-order valence-electron chi connectivity index (χ1n) is 10.2. The largest absolute Gasteiger partial charge is 0.495 e. The fraction of sp³-hybridized carbons (Fsp3) is 0.500. The van der Waals surface area contributed by atoms with Gasteiger partial charge in [0.2, 0.25) is 5.91 Å². The molecule has 0 unspecified atom stereocenters. The Kier molecular flexibility index (Phi) is 5.96. The number of hydrogen-bond acceptors (Lipinski definition) is 6. The average molecular weight is 434 g/mol. The number of aromatic nitrogens is 2. The van der Waals surface area contributed by atoms with Crippen molar-refractivity contribution in [3.8, 4) is 5.75 Å². The minimum Gasteiger partial charge on any atom is -0.495 e. The highest BCUT2D eigenvalue weighted by Gasteiger charge is 2.35. The Labute approximate surface area is 176 Å². The molecule has 2 aliphatic heterocycles. The molecule has 1 aromatic heterocycles. The lowest BCUT2D eigenvalue weighted by Gasteiger charge is -2.39. The molecule has 30 heavy (non-hydrogen) atoms. The molecule has 162 valence electrons. The van der Waals surface area contributed by atoms with E-state index in [9.17, 15) is 13.2 Å². The highest BCUT2D eigenvalue weighted by Crippen LogP contribution is 2.29. The molecule has 0 saturated carbocycles. The molecule has 0 radical (unpaired) electrons. The Morgan fingerprint density at radius 3 is 2.43 bits per heavy atom. The number of aromatic amines is 1. The van der Waals surface area contributed by atoms with Crippen molar-refractivity contribution in [2.45, 2.75) is 17.9 Å². The third-order valence-electron chi connectivity index (χ3n) is 5.91. The van der Waals surface area contributed by atoms with E-state index in [-0.39, 0.29) is 16.9 Å². The van der Waals surface area contributed by atoms with Gasteiger partial charge >= 0.3 is 0 Å². The number of benzene rings is 1. The van der Waals surface area contributed by atoms with Crippen molar-refractivity contribution in [2.75, 3.05) is 51.3 Å². The van der Waals surface area contributed by atoms with Crippen molar-refractivity contribution in [3.05, 3.63) is 36.8 Å². The molecule has 2 fully saturated rings. The topological polar surface area (TPSA) is 98.8 Å². The van der Waals surface area contributed by atoms with E-state index < -0.39 is 10.0 Å². The lowest BCUT2D eigenvalue weighted by Crippen LogP contribution is -2.52. The molecule has 0 spiro atoms. The van der Waals surface area contributed by atoms with Gasteiger partial charge in [0.05, 0.1) is 25.3 Å². The summed E-state index contributed by atoms with van der Waals surface area (Å²) in [6, 6.07) is 7.91. The van der Waals surface area contributed by atoms with E-state index in [2.05, 4.69) is 14.9 Å². The lowest BCUT2D eigenvalue weighted by molar-refractivity contribution is -0.137. The standard InChI is InChI=1S/C20H27N5O4S/c1-29-18-5-3-2-4-17(18)23-10-12-24(13-11-23)20(26)16-6-8-25(9-7-16)30(27,28)19-14-21-15-22-19/h2-5,14-16H,6-13H2,1H3,(H,21,22). The van der Waals surface area contributed by atoms with Gasteiger partial charge in [-0.3, -0.25) is 4.79 Å². The van der Waals surface area contributed by atoms with Crippen LogP contribution in [0, 0.1) is 5.92 Å².